The van der Waals surface area contributed by atoms with E-state index in [1.165, 1.54) is 12.1 Å². The van der Waals surface area contributed by atoms with Crippen molar-refractivity contribution in [2.75, 3.05) is 11.3 Å². The minimum absolute atomic E-state index is 0.230. The van der Waals surface area contributed by atoms with Crippen LogP contribution in [-0.4, -0.2) is 20.1 Å². The molecule has 0 spiro atoms. The summed E-state index contributed by atoms with van der Waals surface area (Å²) in [6.45, 7) is 1.44. The smallest absolute Gasteiger partial charge is 0.261 e. The molecule has 0 bridgehead atoms. The van der Waals surface area contributed by atoms with Gasteiger partial charge >= 0.3 is 0 Å². The molecule has 4 rings (SSSR count). The summed E-state index contributed by atoms with van der Waals surface area (Å²) in [5.74, 6) is -0.332. The van der Waals surface area contributed by atoms with Gasteiger partial charge in [0.2, 0.25) is 0 Å². The second-order valence-electron chi connectivity index (χ2n) is 7.52. The molecule has 0 aliphatic carbocycles. The van der Waals surface area contributed by atoms with Crippen molar-refractivity contribution < 1.29 is 17.3 Å². The largest absolute Gasteiger partial charge is 0.356 e. The third-order valence-corrected chi connectivity index (χ3v) is 6.48. The first-order chi connectivity index (χ1) is 15.5. The van der Waals surface area contributed by atoms with Crippen LogP contribution < -0.4 is 10.0 Å². The van der Waals surface area contributed by atoms with E-state index in [1.54, 1.807) is 42.5 Å². The van der Waals surface area contributed by atoms with Crippen LogP contribution in [0.5, 0.6) is 0 Å². The summed E-state index contributed by atoms with van der Waals surface area (Å²) in [7, 11) is -3.61. The average Bonchev–Trinajstić information content (AvgIpc) is 3.18. The Kier molecular flexibility index (Phi) is 6.82. The summed E-state index contributed by atoms with van der Waals surface area (Å²) in [5, 5.41) is 8.28. The molecule has 0 aliphatic heterocycles. The van der Waals surface area contributed by atoms with Crippen LogP contribution in [0.2, 0.25) is 0 Å². The lowest BCUT2D eigenvalue weighted by Gasteiger charge is -2.10. The van der Waals surface area contributed by atoms with E-state index in [9.17, 15) is 12.8 Å². The minimum atomic E-state index is -3.61. The van der Waals surface area contributed by atoms with Crippen LogP contribution in [0, 0.1) is 5.82 Å². The summed E-state index contributed by atoms with van der Waals surface area (Å²) >= 11 is 0. The van der Waals surface area contributed by atoms with Gasteiger partial charge in [0.15, 0.2) is 5.58 Å². The summed E-state index contributed by atoms with van der Waals surface area (Å²) in [6, 6.07) is 20.1. The Balaban J connectivity index is 1.23. The van der Waals surface area contributed by atoms with Crippen LogP contribution in [0.1, 0.15) is 24.1 Å². The standard InChI is InChI=1S/C24H24FN3O3S/c25-19-12-13-22-23(27-31-24(22)16-19)11-4-5-14-26-17-18-7-6-8-20(15-18)28-32(29,30)21-9-2-1-3-10-21/h1-3,6-10,12-13,15-16,26,28H,4-5,11,14,17H2. The molecule has 0 fully saturated rings. The Morgan fingerprint density at radius 1 is 0.938 bits per heavy atom. The second-order valence-corrected chi connectivity index (χ2v) is 9.20. The predicted octanol–water partition coefficient (Wildman–Crippen LogP) is 4.88. The fourth-order valence-corrected chi connectivity index (χ4v) is 4.55. The lowest BCUT2D eigenvalue weighted by Crippen LogP contribution is -2.16. The molecule has 4 aromatic rings. The molecule has 0 atom stereocenters. The maximum absolute atomic E-state index is 13.2. The first-order valence-electron chi connectivity index (χ1n) is 10.4. The Labute approximate surface area is 186 Å². The van der Waals surface area contributed by atoms with Crippen molar-refractivity contribution in [3.8, 4) is 0 Å². The molecule has 2 N–H and O–H groups in total. The van der Waals surface area contributed by atoms with E-state index >= 15 is 0 Å². The predicted molar refractivity (Wildman–Crippen MR) is 122 cm³/mol. The van der Waals surface area contributed by atoms with E-state index in [0.717, 1.165) is 42.5 Å². The van der Waals surface area contributed by atoms with E-state index in [4.69, 9.17) is 4.52 Å². The van der Waals surface area contributed by atoms with Crippen molar-refractivity contribution in [2.24, 2.45) is 0 Å². The molecular formula is C24H24FN3O3S. The molecular weight excluding hydrogens is 429 g/mol. The number of halogens is 1. The third-order valence-electron chi connectivity index (χ3n) is 5.09. The molecule has 0 aliphatic rings. The highest BCUT2D eigenvalue weighted by atomic mass is 32.2. The zero-order valence-electron chi connectivity index (χ0n) is 17.4. The Hall–Kier alpha value is -3.23. The number of sulfonamides is 1. The average molecular weight is 454 g/mol. The topological polar surface area (TPSA) is 84.2 Å². The van der Waals surface area contributed by atoms with E-state index in [-0.39, 0.29) is 10.7 Å². The van der Waals surface area contributed by atoms with Crippen LogP contribution >= 0.6 is 0 Å². The van der Waals surface area contributed by atoms with Crippen LogP contribution in [-0.2, 0) is 23.0 Å². The van der Waals surface area contributed by atoms with Gasteiger partial charge in [-0.25, -0.2) is 12.8 Å². The number of rotatable bonds is 10. The summed E-state index contributed by atoms with van der Waals surface area (Å²) in [5.41, 5.74) is 2.84. The van der Waals surface area contributed by atoms with Gasteiger partial charge < -0.3 is 9.84 Å². The number of anilines is 1. The first kappa shape index (κ1) is 22.0. The van der Waals surface area contributed by atoms with Crippen LogP contribution in [0.3, 0.4) is 0 Å². The quantitative estimate of drug-likeness (QED) is 0.334. The summed E-state index contributed by atoms with van der Waals surface area (Å²) in [6.07, 6.45) is 2.62. The van der Waals surface area contributed by atoms with Crippen molar-refractivity contribution >= 4 is 26.7 Å². The van der Waals surface area contributed by atoms with Crippen molar-refractivity contribution in [3.05, 3.63) is 89.9 Å². The molecule has 0 saturated heterocycles. The lowest BCUT2D eigenvalue weighted by atomic mass is 10.1. The monoisotopic (exact) mass is 453 g/mol. The fraction of sp³-hybridized carbons (Fsp3) is 0.208. The first-order valence-corrected chi connectivity index (χ1v) is 11.9. The zero-order valence-corrected chi connectivity index (χ0v) is 18.2. The molecule has 1 heterocycles. The van der Waals surface area contributed by atoms with Gasteiger partial charge in [0.05, 0.1) is 10.6 Å². The van der Waals surface area contributed by atoms with Gasteiger partial charge in [-0.1, -0.05) is 35.5 Å². The lowest BCUT2D eigenvalue weighted by molar-refractivity contribution is 0.442. The highest BCUT2D eigenvalue weighted by Gasteiger charge is 2.13. The maximum Gasteiger partial charge on any atom is 0.261 e. The Bertz CT molecular complexity index is 1290. The number of nitrogens with zero attached hydrogens (tertiary/aromatic N) is 1. The third kappa shape index (κ3) is 5.52. The van der Waals surface area contributed by atoms with Crippen molar-refractivity contribution in [3.63, 3.8) is 0 Å². The van der Waals surface area contributed by atoms with Crippen LogP contribution in [0.25, 0.3) is 11.0 Å². The highest BCUT2D eigenvalue weighted by Crippen LogP contribution is 2.21. The normalized spacial score (nSPS) is 11.7. The fourth-order valence-electron chi connectivity index (χ4n) is 3.48. The molecule has 0 saturated carbocycles. The number of hydrogen-bond acceptors (Lipinski definition) is 5. The van der Waals surface area contributed by atoms with E-state index in [1.807, 2.05) is 18.2 Å². The number of aromatic nitrogens is 1. The Morgan fingerprint density at radius 2 is 1.78 bits per heavy atom. The van der Waals surface area contributed by atoms with E-state index in [0.29, 0.717) is 17.8 Å². The van der Waals surface area contributed by atoms with Crippen molar-refractivity contribution in [2.45, 2.75) is 30.7 Å². The van der Waals surface area contributed by atoms with Crippen molar-refractivity contribution in [1.29, 1.82) is 0 Å². The number of benzene rings is 3. The number of fused-ring (bicyclic) bond motifs is 1. The summed E-state index contributed by atoms with van der Waals surface area (Å²) in [4.78, 5) is 0.230. The van der Waals surface area contributed by atoms with Gasteiger partial charge in [0.25, 0.3) is 10.0 Å². The molecule has 166 valence electrons. The van der Waals surface area contributed by atoms with Gasteiger partial charge in [-0.05, 0) is 67.8 Å². The molecule has 32 heavy (non-hydrogen) atoms. The van der Waals surface area contributed by atoms with E-state index < -0.39 is 10.0 Å². The minimum Gasteiger partial charge on any atom is -0.356 e. The van der Waals surface area contributed by atoms with Gasteiger partial charge in [0, 0.05) is 23.7 Å². The number of aryl methyl sites for hydroxylation is 1. The maximum atomic E-state index is 13.2. The van der Waals surface area contributed by atoms with Gasteiger partial charge in [0.1, 0.15) is 5.82 Å². The Morgan fingerprint density at radius 3 is 2.62 bits per heavy atom. The van der Waals surface area contributed by atoms with Crippen molar-refractivity contribution in [1.82, 2.24) is 10.5 Å². The van der Waals surface area contributed by atoms with E-state index in [2.05, 4.69) is 15.2 Å². The SMILES string of the molecule is O=S(=O)(Nc1cccc(CNCCCCc2noc3cc(F)ccc23)c1)c1ccccc1. The molecule has 0 unspecified atom stereocenters. The van der Waals surface area contributed by atoms with Gasteiger partial charge in [-0.2, -0.15) is 0 Å². The molecule has 6 nitrogen and oxygen atoms in total. The van der Waals surface area contributed by atoms with Gasteiger partial charge in [-0.15, -0.1) is 0 Å². The number of unbranched alkanes of at least 4 members (excludes halogenated alkanes) is 1. The van der Waals surface area contributed by atoms with Gasteiger partial charge in [-0.3, -0.25) is 4.72 Å². The zero-order chi connectivity index (χ0) is 22.4. The molecule has 0 amide bonds. The molecule has 1 aromatic heterocycles. The van der Waals surface area contributed by atoms with Crippen LogP contribution in [0.15, 0.2) is 82.2 Å². The highest BCUT2D eigenvalue weighted by molar-refractivity contribution is 7.92. The number of hydrogen-bond donors (Lipinski definition) is 2. The summed E-state index contributed by atoms with van der Waals surface area (Å²) < 4.78 is 46.0. The second kappa shape index (κ2) is 9.93. The molecule has 3 aromatic carbocycles. The molecule has 0 radical (unpaired) electrons. The number of nitrogens with one attached hydrogen (secondary N) is 2. The van der Waals surface area contributed by atoms with Crippen LogP contribution in [0.4, 0.5) is 10.1 Å². The molecule has 8 heteroatoms.